The molecule has 0 radical (unpaired) electrons. The molecule has 1 aliphatic heterocycles. The molecule has 0 bridgehead atoms. The molecule has 12 heavy (non-hydrogen) atoms. The van der Waals surface area contributed by atoms with Crippen molar-refractivity contribution in [1.82, 2.24) is 4.90 Å². The third kappa shape index (κ3) is 2.73. The second kappa shape index (κ2) is 5.51. The molecule has 3 nitrogen and oxygen atoms in total. The van der Waals surface area contributed by atoms with E-state index in [0.717, 1.165) is 26.1 Å². The number of likely N-dealkylation sites (tertiary alicyclic amines) is 1. The maximum atomic E-state index is 5.47. The van der Waals surface area contributed by atoms with E-state index in [0.29, 0.717) is 6.04 Å². The van der Waals surface area contributed by atoms with Gasteiger partial charge >= 0.3 is 0 Å². The van der Waals surface area contributed by atoms with Crippen LogP contribution in [0.3, 0.4) is 0 Å². The van der Waals surface area contributed by atoms with E-state index >= 15 is 0 Å². The molecule has 1 saturated heterocycles. The van der Waals surface area contributed by atoms with Crippen LogP contribution in [0.1, 0.15) is 19.3 Å². The lowest BCUT2D eigenvalue weighted by molar-refractivity contribution is 0.115. The summed E-state index contributed by atoms with van der Waals surface area (Å²) in [4.78, 5) is 2.50. The predicted octanol–water partition coefficient (Wildman–Crippen LogP) is 0.446. The van der Waals surface area contributed by atoms with Crippen LogP contribution in [-0.2, 0) is 4.74 Å². The Balaban J connectivity index is 2.20. The van der Waals surface area contributed by atoms with E-state index in [9.17, 15) is 0 Å². The maximum absolute atomic E-state index is 5.47. The Morgan fingerprint density at radius 3 is 3.08 bits per heavy atom. The van der Waals surface area contributed by atoms with Crippen LogP contribution in [0.5, 0.6) is 0 Å². The number of rotatable bonds is 5. The normalized spacial score (nSPS) is 25.0. The molecule has 2 N–H and O–H groups in total. The third-order valence-corrected chi connectivity index (χ3v) is 2.51. The van der Waals surface area contributed by atoms with Crippen molar-refractivity contribution in [3.63, 3.8) is 0 Å². The van der Waals surface area contributed by atoms with Crippen molar-refractivity contribution in [1.29, 1.82) is 0 Å². The summed E-state index contributed by atoms with van der Waals surface area (Å²) in [7, 11) is 1.78. The van der Waals surface area contributed by atoms with Crippen molar-refractivity contribution in [2.75, 3.05) is 33.4 Å². The second-order valence-corrected chi connectivity index (χ2v) is 3.43. The molecule has 0 aromatic rings. The molecule has 0 unspecified atom stereocenters. The highest BCUT2D eigenvalue weighted by molar-refractivity contribution is 4.78. The molecule has 1 fully saturated rings. The third-order valence-electron chi connectivity index (χ3n) is 2.51. The summed E-state index contributed by atoms with van der Waals surface area (Å²) in [5.74, 6) is 0. The van der Waals surface area contributed by atoms with E-state index in [1.165, 1.54) is 19.4 Å². The van der Waals surface area contributed by atoms with E-state index in [1.54, 1.807) is 7.11 Å². The number of methoxy groups -OCH3 is 1. The molecular weight excluding hydrogens is 152 g/mol. The fraction of sp³-hybridized carbons (Fsp3) is 1.00. The lowest BCUT2D eigenvalue weighted by Gasteiger charge is -2.23. The zero-order chi connectivity index (χ0) is 8.81. The molecule has 1 rings (SSSR count). The van der Waals surface area contributed by atoms with Gasteiger partial charge in [-0.15, -0.1) is 0 Å². The van der Waals surface area contributed by atoms with Gasteiger partial charge < -0.3 is 10.5 Å². The van der Waals surface area contributed by atoms with E-state index in [4.69, 9.17) is 10.5 Å². The van der Waals surface area contributed by atoms with E-state index < -0.39 is 0 Å². The fourth-order valence-corrected chi connectivity index (χ4v) is 1.87. The molecule has 1 atom stereocenters. The van der Waals surface area contributed by atoms with Crippen molar-refractivity contribution in [3.05, 3.63) is 0 Å². The Hall–Kier alpha value is -0.120. The Bertz CT molecular complexity index is 119. The number of nitrogens with zero attached hydrogens (tertiary/aromatic N) is 1. The van der Waals surface area contributed by atoms with Gasteiger partial charge in [-0.05, 0) is 38.9 Å². The molecule has 1 aliphatic rings. The average molecular weight is 172 g/mol. The number of hydrogen-bond acceptors (Lipinski definition) is 3. The zero-order valence-electron chi connectivity index (χ0n) is 7.96. The second-order valence-electron chi connectivity index (χ2n) is 3.43. The van der Waals surface area contributed by atoms with Gasteiger partial charge in [-0.2, -0.15) is 0 Å². The lowest BCUT2D eigenvalue weighted by Crippen LogP contribution is -2.34. The number of ether oxygens (including phenoxy) is 1. The first-order chi connectivity index (χ1) is 5.88. The van der Waals surface area contributed by atoms with E-state index in [-0.39, 0.29) is 0 Å². The van der Waals surface area contributed by atoms with Crippen LogP contribution in [0.2, 0.25) is 0 Å². The number of nitrogens with two attached hydrogens (primary N) is 1. The van der Waals surface area contributed by atoms with Gasteiger partial charge in [0, 0.05) is 13.2 Å². The Labute approximate surface area is 74.9 Å². The Kier molecular flexibility index (Phi) is 4.58. The SMILES string of the molecule is COC[C@@H]1CCCN1CCCN. The minimum absolute atomic E-state index is 0.654. The van der Waals surface area contributed by atoms with Crippen molar-refractivity contribution in [2.45, 2.75) is 25.3 Å². The minimum Gasteiger partial charge on any atom is -0.383 e. The summed E-state index contributed by atoms with van der Waals surface area (Å²) < 4.78 is 5.16. The summed E-state index contributed by atoms with van der Waals surface area (Å²) in [6, 6.07) is 0.654. The summed E-state index contributed by atoms with van der Waals surface area (Å²) >= 11 is 0. The van der Waals surface area contributed by atoms with Crippen LogP contribution >= 0.6 is 0 Å². The monoisotopic (exact) mass is 172 g/mol. The highest BCUT2D eigenvalue weighted by Gasteiger charge is 2.22. The van der Waals surface area contributed by atoms with Crippen LogP contribution in [-0.4, -0.2) is 44.3 Å². The molecule has 0 spiro atoms. The first-order valence-electron chi connectivity index (χ1n) is 4.81. The number of hydrogen-bond donors (Lipinski definition) is 1. The standard InChI is InChI=1S/C9H20N2O/c1-12-8-9-4-2-6-11(9)7-3-5-10/h9H,2-8,10H2,1H3/t9-/m0/s1. The van der Waals surface area contributed by atoms with Gasteiger partial charge in [0.2, 0.25) is 0 Å². The van der Waals surface area contributed by atoms with Gasteiger partial charge in [-0.1, -0.05) is 0 Å². The molecule has 0 aromatic carbocycles. The van der Waals surface area contributed by atoms with Gasteiger partial charge in [-0.3, -0.25) is 4.90 Å². The highest BCUT2D eigenvalue weighted by Crippen LogP contribution is 2.16. The van der Waals surface area contributed by atoms with Gasteiger partial charge in [0.25, 0.3) is 0 Å². The van der Waals surface area contributed by atoms with E-state index in [1.807, 2.05) is 0 Å². The summed E-state index contributed by atoms with van der Waals surface area (Å²) in [5.41, 5.74) is 5.47. The summed E-state index contributed by atoms with van der Waals surface area (Å²) in [6.07, 6.45) is 3.72. The summed E-state index contributed by atoms with van der Waals surface area (Å²) in [5, 5.41) is 0. The fourth-order valence-electron chi connectivity index (χ4n) is 1.87. The largest absolute Gasteiger partial charge is 0.383 e. The first kappa shape index (κ1) is 9.96. The van der Waals surface area contributed by atoms with Gasteiger partial charge in [0.1, 0.15) is 0 Å². The quantitative estimate of drug-likeness (QED) is 0.654. The zero-order valence-corrected chi connectivity index (χ0v) is 7.96. The smallest absolute Gasteiger partial charge is 0.0618 e. The minimum atomic E-state index is 0.654. The van der Waals surface area contributed by atoms with Crippen LogP contribution in [0.4, 0.5) is 0 Å². The Morgan fingerprint density at radius 2 is 2.42 bits per heavy atom. The maximum Gasteiger partial charge on any atom is 0.0618 e. The predicted molar refractivity (Wildman–Crippen MR) is 50.1 cm³/mol. The van der Waals surface area contributed by atoms with E-state index in [2.05, 4.69) is 4.90 Å². The molecular formula is C9H20N2O. The Morgan fingerprint density at radius 1 is 1.58 bits per heavy atom. The van der Waals surface area contributed by atoms with Gasteiger partial charge in [0.05, 0.1) is 6.61 Å². The first-order valence-corrected chi connectivity index (χ1v) is 4.81. The van der Waals surface area contributed by atoms with Crippen molar-refractivity contribution in [3.8, 4) is 0 Å². The van der Waals surface area contributed by atoms with Crippen LogP contribution < -0.4 is 5.73 Å². The molecule has 72 valence electrons. The molecule has 0 saturated carbocycles. The molecule has 3 heteroatoms. The molecule has 1 heterocycles. The van der Waals surface area contributed by atoms with Crippen molar-refractivity contribution in [2.24, 2.45) is 5.73 Å². The molecule has 0 aromatic heterocycles. The molecule has 0 aliphatic carbocycles. The van der Waals surface area contributed by atoms with Crippen LogP contribution in [0.25, 0.3) is 0 Å². The van der Waals surface area contributed by atoms with Crippen molar-refractivity contribution < 1.29 is 4.74 Å². The topological polar surface area (TPSA) is 38.5 Å². The molecule has 0 amide bonds. The average Bonchev–Trinajstić information content (AvgIpc) is 2.50. The van der Waals surface area contributed by atoms with Crippen LogP contribution in [0, 0.1) is 0 Å². The van der Waals surface area contributed by atoms with Gasteiger partial charge in [-0.25, -0.2) is 0 Å². The van der Waals surface area contributed by atoms with Crippen molar-refractivity contribution >= 4 is 0 Å². The lowest BCUT2D eigenvalue weighted by atomic mass is 10.2. The van der Waals surface area contributed by atoms with Crippen LogP contribution in [0.15, 0.2) is 0 Å². The highest BCUT2D eigenvalue weighted by atomic mass is 16.5. The van der Waals surface area contributed by atoms with Gasteiger partial charge in [0.15, 0.2) is 0 Å². The summed E-state index contributed by atoms with van der Waals surface area (Å²) in [6.45, 7) is 4.05.